The van der Waals surface area contributed by atoms with Gasteiger partial charge in [-0.1, -0.05) is 42.9 Å². The van der Waals surface area contributed by atoms with Crippen molar-refractivity contribution in [3.63, 3.8) is 0 Å². The Morgan fingerprint density at radius 3 is 2.52 bits per heavy atom. The molecule has 0 saturated carbocycles. The summed E-state index contributed by atoms with van der Waals surface area (Å²) in [6.45, 7) is 1.34. The van der Waals surface area contributed by atoms with E-state index in [1.807, 2.05) is 41.1 Å². The Bertz CT molecular complexity index is 767. The van der Waals surface area contributed by atoms with Gasteiger partial charge in [0.05, 0.1) is 18.1 Å². The fourth-order valence-electron chi connectivity index (χ4n) is 2.21. The van der Waals surface area contributed by atoms with Crippen molar-refractivity contribution in [3.05, 3.63) is 98.9 Å². The van der Waals surface area contributed by atoms with Gasteiger partial charge in [0, 0.05) is 9.13 Å². The minimum absolute atomic E-state index is 0.653. The summed E-state index contributed by atoms with van der Waals surface area (Å²) >= 11 is 2.35. The SMILES string of the molecule is Ic1ccccc1C[N-]/[N+](=C/c1ccccc1)Cc1ccoc1. The van der Waals surface area contributed by atoms with Crippen molar-refractivity contribution < 1.29 is 9.10 Å². The van der Waals surface area contributed by atoms with Gasteiger partial charge in [0.2, 0.25) is 0 Å². The van der Waals surface area contributed by atoms with E-state index in [9.17, 15) is 0 Å². The standard InChI is InChI=1S/C19H17IN2O/c20-19-9-5-4-8-18(19)12-21-22(14-17-10-11-23-15-17)13-16-6-2-1-3-7-16/h1-11,13,15H,12,14H2/b22-13+. The highest BCUT2D eigenvalue weighted by Gasteiger charge is 2.03. The summed E-state index contributed by atoms with van der Waals surface area (Å²) < 4.78 is 8.37. The lowest BCUT2D eigenvalue weighted by Gasteiger charge is -2.18. The van der Waals surface area contributed by atoms with Crippen molar-refractivity contribution in [2.24, 2.45) is 0 Å². The van der Waals surface area contributed by atoms with Gasteiger partial charge in [0.25, 0.3) is 0 Å². The molecule has 0 unspecified atom stereocenters. The molecule has 0 fully saturated rings. The summed E-state index contributed by atoms with van der Waals surface area (Å²) in [6.07, 6.45) is 5.51. The molecule has 4 heteroatoms. The second kappa shape index (κ2) is 7.97. The molecule has 0 saturated heterocycles. The first-order valence-electron chi connectivity index (χ1n) is 7.40. The topological polar surface area (TPSA) is 30.2 Å². The van der Waals surface area contributed by atoms with Gasteiger partial charge >= 0.3 is 0 Å². The first-order valence-corrected chi connectivity index (χ1v) is 8.47. The van der Waals surface area contributed by atoms with E-state index < -0.39 is 0 Å². The molecule has 2 aromatic carbocycles. The Morgan fingerprint density at radius 1 is 1.00 bits per heavy atom. The highest BCUT2D eigenvalue weighted by atomic mass is 127. The zero-order valence-electron chi connectivity index (χ0n) is 12.6. The van der Waals surface area contributed by atoms with E-state index in [0.29, 0.717) is 13.1 Å². The van der Waals surface area contributed by atoms with Crippen LogP contribution in [0.3, 0.4) is 0 Å². The molecule has 3 aromatic rings. The van der Waals surface area contributed by atoms with Crippen LogP contribution in [-0.4, -0.2) is 10.9 Å². The van der Waals surface area contributed by atoms with Crippen molar-refractivity contribution in [2.45, 2.75) is 13.1 Å². The maximum absolute atomic E-state index is 5.16. The van der Waals surface area contributed by atoms with E-state index >= 15 is 0 Å². The molecule has 0 atom stereocenters. The van der Waals surface area contributed by atoms with Crippen molar-refractivity contribution in [3.8, 4) is 0 Å². The largest absolute Gasteiger partial charge is 0.472 e. The van der Waals surface area contributed by atoms with Gasteiger partial charge in [-0.05, 0) is 52.4 Å². The van der Waals surface area contributed by atoms with Gasteiger partial charge < -0.3 is 9.84 Å². The molecule has 23 heavy (non-hydrogen) atoms. The number of rotatable bonds is 6. The van der Waals surface area contributed by atoms with Crippen molar-refractivity contribution >= 4 is 28.8 Å². The number of hydrogen-bond acceptors (Lipinski definition) is 1. The van der Waals surface area contributed by atoms with Gasteiger partial charge in [-0.2, -0.15) is 0 Å². The van der Waals surface area contributed by atoms with Crippen LogP contribution in [0.1, 0.15) is 16.7 Å². The lowest BCUT2D eigenvalue weighted by atomic mass is 10.2. The maximum Gasteiger partial charge on any atom is 0.166 e. The van der Waals surface area contributed by atoms with Crippen LogP contribution in [0.2, 0.25) is 0 Å². The van der Waals surface area contributed by atoms with Crippen molar-refractivity contribution in [1.29, 1.82) is 0 Å². The highest BCUT2D eigenvalue weighted by molar-refractivity contribution is 14.1. The maximum atomic E-state index is 5.16. The third-order valence-corrected chi connectivity index (χ3v) is 4.46. The quantitative estimate of drug-likeness (QED) is 0.241. The molecule has 0 aliphatic carbocycles. The molecule has 1 heterocycles. The summed E-state index contributed by atoms with van der Waals surface area (Å²) in [6, 6.07) is 20.5. The molecule has 0 aliphatic rings. The summed E-state index contributed by atoms with van der Waals surface area (Å²) in [4.78, 5) is 0. The minimum Gasteiger partial charge on any atom is -0.472 e. The third kappa shape index (κ3) is 4.69. The average molecular weight is 416 g/mol. The van der Waals surface area contributed by atoms with E-state index in [-0.39, 0.29) is 0 Å². The Hall–Kier alpha value is -2.08. The smallest absolute Gasteiger partial charge is 0.166 e. The second-order valence-electron chi connectivity index (χ2n) is 5.16. The van der Waals surface area contributed by atoms with Gasteiger partial charge in [-0.3, -0.25) is 4.68 Å². The predicted molar refractivity (Wildman–Crippen MR) is 101 cm³/mol. The van der Waals surface area contributed by atoms with E-state index in [1.54, 1.807) is 12.5 Å². The van der Waals surface area contributed by atoms with E-state index in [1.165, 1.54) is 9.13 Å². The zero-order chi connectivity index (χ0) is 15.9. The molecule has 3 rings (SSSR count). The fourth-order valence-corrected chi connectivity index (χ4v) is 2.77. The van der Waals surface area contributed by atoms with Crippen LogP contribution in [0.15, 0.2) is 77.6 Å². The molecule has 0 aliphatic heterocycles. The Labute approximate surface area is 149 Å². The number of hydrogen-bond donors (Lipinski definition) is 0. The predicted octanol–water partition coefficient (Wildman–Crippen LogP) is 5.00. The molecule has 0 amide bonds. The van der Waals surface area contributed by atoms with Crippen molar-refractivity contribution in [2.75, 3.05) is 0 Å². The van der Waals surface area contributed by atoms with Gasteiger partial charge in [-0.25, -0.2) is 0 Å². The first-order chi connectivity index (χ1) is 11.3. The molecule has 116 valence electrons. The van der Waals surface area contributed by atoms with Crippen molar-refractivity contribution in [1.82, 2.24) is 0 Å². The van der Waals surface area contributed by atoms with E-state index in [0.717, 1.165) is 11.1 Å². The molecule has 0 spiro atoms. The van der Waals surface area contributed by atoms with Gasteiger partial charge in [0.15, 0.2) is 12.8 Å². The molecular weight excluding hydrogens is 399 g/mol. The van der Waals surface area contributed by atoms with E-state index in [4.69, 9.17) is 9.84 Å². The Kier molecular flexibility index (Phi) is 5.47. The minimum atomic E-state index is 0.653. The molecule has 0 N–H and O–H groups in total. The van der Waals surface area contributed by atoms with Crippen LogP contribution in [0.5, 0.6) is 0 Å². The van der Waals surface area contributed by atoms with Crippen LogP contribution >= 0.6 is 22.6 Å². The first kappa shape index (κ1) is 15.8. The summed E-state index contributed by atoms with van der Waals surface area (Å²) in [7, 11) is 0. The van der Waals surface area contributed by atoms with Crippen LogP contribution in [-0.2, 0) is 13.1 Å². The van der Waals surface area contributed by atoms with Crippen LogP contribution in [0.25, 0.3) is 5.43 Å². The molecule has 0 radical (unpaired) electrons. The lowest BCUT2D eigenvalue weighted by Crippen LogP contribution is -2.09. The second-order valence-corrected chi connectivity index (χ2v) is 6.32. The number of benzene rings is 2. The molecule has 1 aromatic heterocycles. The molecular formula is C19H17IN2O. The summed E-state index contributed by atoms with van der Waals surface area (Å²) in [5.74, 6) is 0. The highest BCUT2D eigenvalue weighted by Crippen LogP contribution is 2.15. The normalized spacial score (nSPS) is 11.4. The monoisotopic (exact) mass is 416 g/mol. The number of furan rings is 1. The summed E-state index contributed by atoms with van der Waals surface area (Å²) in [5.41, 5.74) is 8.21. The summed E-state index contributed by atoms with van der Waals surface area (Å²) in [5, 5.41) is 0. The van der Waals surface area contributed by atoms with Crippen LogP contribution in [0.4, 0.5) is 0 Å². The Balaban J connectivity index is 1.77. The molecule has 3 nitrogen and oxygen atoms in total. The average Bonchev–Trinajstić information content (AvgIpc) is 3.08. The number of nitrogens with zero attached hydrogens (tertiary/aromatic N) is 2. The Morgan fingerprint density at radius 2 is 1.78 bits per heavy atom. The van der Waals surface area contributed by atoms with E-state index in [2.05, 4.69) is 53.1 Å². The number of halogens is 1. The third-order valence-electron chi connectivity index (χ3n) is 3.40. The van der Waals surface area contributed by atoms with Crippen LogP contribution in [0, 0.1) is 3.57 Å². The van der Waals surface area contributed by atoms with Gasteiger partial charge in [0.1, 0.15) is 0 Å². The van der Waals surface area contributed by atoms with Crippen LogP contribution < -0.4 is 0 Å². The molecule has 0 bridgehead atoms. The lowest BCUT2D eigenvalue weighted by molar-refractivity contribution is -0.492. The fraction of sp³-hybridized carbons (Fsp3) is 0.105. The van der Waals surface area contributed by atoms with Gasteiger partial charge in [-0.15, -0.1) is 0 Å². The zero-order valence-corrected chi connectivity index (χ0v) is 14.8.